The predicted molar refractivity (Wildman–Crippen MR) is 110 cm³/mol. The molecule has 0 radical (unpaired) electrons. The molecule has 1 fully saturated rings. The number of hydrogen-bond donors (Lipinski definition) is 3. The summed E-state index contributed by atoms with van der Waals surface area (Å²) in [6.45, 7) is 6.11. The Morgan fingerprint density at radius 2 is 1.92 bits per heavy atom. The van der Waals surface area contributed by atoms with E-state index in [1.54, 1.807) is 7.05 Å². The fourth-order valence-electron chi connectivity index (χ4n) is 2.96. The summed E-state index contributed by atoms with van der Waals surface area (Å²) in [7, 11) is 1.74. The van der Waals surface area contributed by atoms with E-state index in [-0.39, 0.29) is 12.5 Å². The zero-order chi connectivity index (χ0) is 18.8. The third-order valence-electron chi connectivity index (χ3n) is 4.46. The van der Waals surface area contributed by atoms with Gasteiger partial charge < -0.3 is 16.0 Å². The Labute approximate surface area is 165 Å². The van der Waals surface area contributed by atoms with Gasteiger partial charge in [0.25, 0.3) is 0 Å². The van der Waals surface area contributed by atoms with Crippen LogP contribution < -0.4 is 16.0 Å². The van der Waals surface area contributed by atoms with E-state index < -0.39 is 0 Å². The summed E-state index contributed by atoms with van der Waals surface area (Å²) >= 11 is 3.48. The Balaban J connectivity index is 1.69. The maximum absolute atomic E-state index is 11.7. The number of carbonyl (C=O) groups is 1. The fourth-order valence-corrected chi connectivity index (χ4v) is 3.23. The number of hydrogen-bond acceptors (Lipinski definition) is 3. The number of likely N-dealkylation sites (tertiary alicyclic amines) is 1. The number of nitrogens with zero attached hydrogens (tertiary/aromatic N) is 2. The van der Waals surface area contributed by atoms with Crippen molar-refractivity contribution in [3.63, 3.8) is 0 Å². The molecule has 0 aromatic heterocycles. The second-order valence-corrected chi connectivity index (χ2v) is 7.51. The molecule has 144 valence electrons. The number of aliphatic imine (C=N–C) groups is 1. The molecule has 1 amide bonds. The number of carbonyl (C=O) groups excluding carboxylic acids is 1. The molecule has 2 rings (SSSR count). The number of nitrogens with one attached hydrogen (secondary N) is 3. The lowest BCUT2D eigenvalue weighted by molar-refractivity contribution is -0.120. The minimum absolute atomic E-state index is 0.000817. The number of halogens is 1. The molecule has 7 heteroatoms. The van der Waals surface area contributed by atoms with Crippen LogP contribution in [-0.4, -0.2) is 56.0 Å². The standard InChI is InChI=1S/C19H30BrN5O/c1-3-10-22-18(26)13-23-19(21-2)24-17-8-11-25(12-9-17)14-15-4-6-16(20)7-5-15/h4-7,17H,3,8-14H2,1-2H3,(H,22,26)(H2,21,23,24). The van der Waals surface area contributed by atoms with Gasteiger partial charge in [-0.2, -0.15) is 0 Å². The highest BCUT2D eigenvalue weighted by Gasteiger charge is 2.20. The van der Waals surface area contributed by atoms with Gasteiger partial charge in [-0.25, -0.2) is 0 Å². The van der Waals surface area contributed by atoms with Gasteiger partial charge >= 0.3 is 0 Å². The van der Waals surface area contributed by atoms with Gasteiger partial charge in [0.05, 0.1) is 6.54 Å². The second-order valence-electron chi connectivity index (χ2n) is 6.60. The van der Waals surface area contributed by atoms with E-state index in [9.17, 15) is 4.79 Å². The van der Waals surface area contributed by atoms with E-state index in [4.69, 9.17) is 0 Å². The van der Waals surface area contributed by atoms with Gasteiger partial charge in [-0.1, -0.05) is 35.0 Å². The molecule has 1 aliphatic heterocycles. The summed E-state index contributed by atoms with van der Waals surface area (Å²) in [5.41, 5.74) is 1.34. The van der Waals surface area contributed by atoms with Crippen molar-refractivity contribution in [2.75, 3.05) is 33.2 Å². The Bertz CT molecular complexity index is 582. The highest BCUT2D eigenvalue weighted by molar-refractivity contribution is 9.10. The van der Waals surface area contributed by atoms with Crippen molar-refractivity contribution in [3.05, 3.63) is 34.3 Å². The first-order chi connectivity index (χ1) is 12.6. The first kappa shape index (κ1) is 20.7. The number of piperidine rings is 1. The van der Waals surface area contributed by atoms with Crippen LogP contribution in [0, 0.1) is 0 Å². The van der Waals surface area contributed by atoms with Gasteiger partial charge in [0.1, 0.15) is 0 Å². The predicted octanol–water partition coefficient (Wildman–Crippen LogP) is 2.10. The third-order valence-corrected chi connectivity index (χ3v) is 4.99. The summed E-state index contributed by atoms with van der Waals surface area (Å²) in [5.74, 6) is 0.696. The van der Waals surface area contributed by atoms with Gasteiger partial charge in [0.2, 0.25) is 5.91 Å². The van der Waals surface area contributed by atoms with Crippen molar-refractivity contribution < 1.29 is 4.79 Å². The largest absolute Gasteiger partial charge is 0.355 e. The maximum atomic E-state index is 11.7. The lowest BCUT2D eigenvalue weighted by atomic mass is 10.0. The van der Waals surface area contributed by atoms with E-state index in [0.717, 1.165) is 43.4 Å². The maximum Gasteiger partial charge on any atom is 0.239 e. The first-order valence-electron chi connectivity index (χ1n) is 9.31. The molecule has 3 N–H and O–H groups in total. The number of benzene rings is 1. The Morgan fingerprint density at radius 3 is 2.54 bits per heavy atom. The number of guanidine groups is 1. The van der Waals surface area contributed by atoms with Crippen LogP contribution in [0.25, 0.3) is 0 Å². The van der Waals surface area contributed by atoms with E-state index in [1.807, 2.05) is 6.92 Å². The third kappa shape index (κ3) is 7.33. The van der Waals surface area contributed by atoms with Crippen LogP contribution >= 0.6 is 15.9 Å². The summed E-state index contributed by atoms with van der Waals surface area (Å²) in [5, 5.41) is 9.38. The van der Waals surface area contributed by atoms with Gasteiger partial charge in [-0.3, -0.25) is 14.7 Å². The van der Waals surface area contributed by atoms with Crippen molar-refractivity contribution >= 4 is 27.8 Å². The first-order valence-corrected chi connectivity index (χ1v) is 10.1. The minimum Gasteiger partial charge on any atom is -0.355 e. The molecule has 1 saturated heterocycles. The van der Waals surface area contributed by atoms with Crippen LogP contribution in [0.1, 0.15) is 31.7 Å². The Kier molecular flexibility index (Phi) is 8.91. The molecule has 1 aliphatic rings. The quantitative estimate of drug-likeness (QED) is 0.463. The van der Waals surface area contributed by atoms with Gasteiger partial charge in [0, 0.05) is 43.7 Å². The Morgan fingerprint density at radius 1 is 1.23 bits per heavy atom. The van der Waals surface area contributed by atoms with Crippen molar-refractivity contribution in [2.45, 2.75) is 38.8 Å². The van der Waals surface area contributed by atoms with Crippen molar-refractivity contribution in [1.82, 2.24) is 20.9 Å². The Hall–Kier alpha value is -1.60. The average molecular weight is 424 g/mol. The van der Waals surface area contributed by atoms with Crippen molar-refractivity contribution in [3.8, 4) is 0 Å². The normalized spacial score (nSPS) is 16.3. The number of rotatable bonds is 7. The van der Waals surface area contributed by atoms with Crippen LogP contribution in [0.2, 0.25) is 0 Å². The van der Waals surface area contributed by atoms with Gasteiger partial charge in [0.15, 0.2) is 5.96 Å². The lowest BCUT2D eigenvalue weighted by Crippen LogP contribution is -2.50. The van der Waals surface area contributed by atoms with Crippen LogP contribution in [0.3, 0.4) is 0 Å². The summed E-state index contributed by atoms with van der Waals surface area (Å²) < 4.78 is 1.12. The molecule has 26 heavy (non-hydrogen) atoms. The van der Waals surface area contributed by atoms with E-state index in [0.29, 0.717) is 18.5 Å². The highest BCUT2D eigenvalue weighted by Crippen LogP contribution is 2.16. The molecule has 0 spiro atoms. The topological polar surface area (TPSA) is 68.8 Å². The second kappa shape index (κ2) is 11.2. The molecular formula is C19H30BrN5O. The van der Waals surface area contributed by atoms with Gasteiger partial charge in [-0.15, -0.1) is 0 Å². The summed E-state index contributed by atoms with van der Waals surface area (Å²) in [6.07, 6.45) is 3.08. The molecule has 1 aromatic rings. The van der Waals surface area contributed by atoms with Crippen LogP contribution in [0.4, 0.5) is 0 Å². The molecule has 6 nitrogen and oxygen atoms in total. The van der Waals surface area contributed by atoms with Gasteiger partial charge in [-0.05, 0) is 37.0 Å². The molecule has 0 bridgehead atoms. The SMILES string of the molecule is CCCNC(=O)CNC(=NC)NC1CCN(Cc2ccc(Br)cc2)CC1. The smallest absolute Gasteiger partial charge is 0.239 e. The summed E-state index contributed by atoms with van der Waals surface area (Å²) in [4.78, 5) is 18.4. The molecule has 0 atom stereocenters. The fraction of sp³-hybridized carbons (Fsp3) is 0.579. The molecule has 0 unspecified atom stereocenters. The average Bonchev–Trinajstić information content (AvgIpc) is 2.66. The monoisotopic (exact) mass is 423 g/mol. The van der Waals surface area contributed by atoms with E-state index in [2.05, 4.69) is 66.0 Å². The molecular weight excluding hydrogens is 394 g/mol. The zero-order valence-corrected chi connectivity index (χ0v) is 17.3. The van der Waals surface area contributed by atoms with Crippen molar-refractivity contribution in [1.29, 1.82) is 0 Å². The highest BCUT2D eigenvalue weighted by atomic mass is 79.9. The molecule has 0 aliphatic carbocycles. The van der Waals surface area contributed by atoms with Crippen molar-refractivity contribution in [2.24, 2.45) is 4.99 Å². The van der Waals surface area contributed by atoms with E-state index >= 15 is 0 Å². The zero-order valence-electron chi connectivity index (χ0n) is 15.7. The van der Waals surface area contributed by atoms with Crippen LogP contribution in [0.15, 0.2) is 33.7 Å². The molecule has 1 aromatic carbocycles. The number of amides is 1. The summed E-state index contributed by atoms with van der Waals surface area (Å²) in [6, 6.07) is 8.92. The van der Waals surface area contributed by atoms with Crippen LogP contribution in [-0.2, 0) is 11.3 Å². The van der Waals surface area contributed by atoms with E-state index in [1.165, 1.54) is 5.56 Å². The van der Waals surface area contributed by atoms with Crippen LogP contribution in [0.5, 0.6) is 0 Å². The molecule has 1 heterocycles. The molecule has 0 saturated carbocycles. The lowest BCUT2D eigenvalue weighted by Gasteiger charge is -2.33. The minimum atomic E-state index is -0.000817.